The standard InChI is InChI=1S/C40H50BrN3O8/c1-5-7-17-31(46)42-26(3)34(27-15-11-10-12-16-27)51-39(49)32-33-37(47)44(23-13-8-9-14-24-45)36(40(33)25-30(41)35(32)52-40)38(48)43(22-6-2)28-18-20-29(50-4)21-19-28/h5-6,10-12,15-16,18-21,26,30,32-36,45H,1-2,7-9,13-14,17,22-25H2,3-4H3,(H,42,46)/t26-,30?,32-,33+,34-,35-,36-,40+/m0/s1. The van der Waals surface area contributed by atoms with E-state index in [1.165, 1.54) is 0 Å². The van der Waals surface area contributed by atoms with Gasteiger partial charge in [0.25, 0.3) is 5.91 Å². The molecule has 8 atom stereocenters. The number of amides is 3. The summed E-state index contributed by atoms with van der Waals surface area (Å²) in [7, 11) is 1.57. The summed E-state index contributed by atoms with van der Waals surface area (Å²) in [4.78, 5) is 59.6. The maximum absolute atomic E-state index is 14.9. The first-order valence-electron chi connectivity index (χ1n) is 18.1. The van der Waals surface area contributed by atoms with Crippen LogP contribution >= 0.6 is 15.9 Å². The lowest BCUT2D eigenvalue weighted by molar-refractivity contribution is -0.162. The van der Waals surface area contributed by atoms with Gasteiger partial charge in [0, 0.05) is 36.6 Å². The van der Waals surface area contributed by atoms with E-state index in [1.807, 2.05) is 30.3 Å². The first-order chi connectivity index (χ1) is 25.1. The average Bonchev–Trinajstić information content (AvgIpc) is 3.74. The van der Waals surface area contributed by atoms with Crippen molar-refractivity contribution in [3.8, 4) is 5.75 Å². The number of rotatable bonds is 19. The molecule has 1 unspecified atom stereocenters. The molecule has 3 fully saturated rings. The largest absolute Gasteiger partial charge is 0.497 e. The zero-order chi connectivity index (χ0) is 37.4. The molecule has 1 spiro atoms. The van der Waals surface area contributed by atoms with Gasteiger partial charge in [0.1, 0.15) is 23.5 Å². The van der Waals surface area contributed by atoms with E-state index in [2.05, 4.69) is 34.4 Å². The molecule has 12 heteroatoms. The summed E-state index contributed by atoms with van der Waals surface area (Å²) in [5.74, 6) is -2.79. The predicted octanol–water partition coefficient (Wildman–Crippen LogP) is 5.27. The Hall–Kier alpha value is -4.00. The quantitative estimate of drug-likeness (QED) is 0.0853. The Morgan fingerprint density at radius 1 is 1.10 bits per heavy atom. The van der Waals surface area contributed by atoms with E-state index >= 15 is 0 Å². The molecule has 52 heavy (non-hydrogen) atoms. The van der Waals surface area contributed by atoms with Crippen LogP contribution in [0.4, 0.5) is 5.69 Å². The number of nitrogens with zero attached hydrogens (tertiary/aromatic N) is 2. The molecule has 0 radical (unpaired) electrons. The molecule has 280 valence electrons. The fourth-order valence-electron chi connectivity index (χ4n) is 7.97. The Labute approximate surface area is 314 Å². The number of aliphatic hydroxyl groups excluding tert-OH is 1. The molecular weight excluding hydrogens is 730 g/mol. The van der Waals surface area contributed by atoms with Crippen molar-refractivity contribution in [2.24, 2.45) is 11.8 Å². The average molecular weight is 781 g/mol. The lowest BCUT2D eigenvalue weighted by Crippen LogP contribution is -2.57. The molecule has 0 aromatic heterocycles. The van der Waals surface area contributed by atoms with Crippen LogP contribution in [0, 0.1) is 11.8 Å². The van der Waals surface area contributed by atoms with Crippen molar-refractivity contribution in [1.82, 2.24) is 10.2 Å². The Morgan fingerprint density at radius 2 is 1.81 bits per heavy atom. The monoisotopic (exact) mass is 779 g/mol. The molecule has 2 bridgehead atoms. The van der Waals surface area contributed by atoms with Crippen molar-refractivity contribution >= 4 is 45.3 Å². The van der Waals surface area contributed by atoms with Crippen LogP contribution < -0.4 is 15.0 Å². The molecule has 2 N–H and O–H groups in total. The number of nitrogens with one attached hydrogen (secondary N) is 1. The van der Waals surface area contributed by atoms with Gasteiger partial charge in [-0.1, -0.05) is 71.3 Å². The minimum atomic E-state index is -1.29. The molecule has 0 aliphatic carbocycles. The number of ether oxygens (including phenoxy) is 3. The van der Waals surface area contributed by atoms with Crippen LogP contribution in [0.15, 0.2) is 79.9 Å². The van der Waals surface area contributed by atoms with Crippen molar-refractivity contribution in [1.29, 1.82) is 0 Å². The second-order valence-electron chi connectivity index (χ2n) is 13.7. The number of hydrogen-bond donors (Lipinski definition) is 2. The third-order valence-corrected chi connectivity index (χ3v) is 11.2. The van der Waals surface area contributed by atoms with Gasteiger partial charge in [-0.2, -0.15) is 0 Å². The summed E-state index contributed by atoms with van der Waals surface area (Å²) in [6.45, 7) is 9.91. The number of alkyl halides is 1. The highest BCUT2D eigenvalue weighted by Gasteiger charge is 2.77. The number of unbranched alkanes of at least 4 members (excludes halogenated alkanes) is 3. The van der Waals surface area contributed by atoms with Crippen LogP contribution in [-0.2, 0) is 28.7 Å². The second-order valence-corrected chi connectivity index (χ2v) is 14.9. The lowest BCUT2D eigenvalue weighted by atomic mass is 9.70. The van der Waals surface area contributed by atoms with E-state index in [-0.39, 0.29) is 48.7 Å². The highest BCUT2D eigenvalue weighted by molar-refractivity contribution is 9.09. The first-order valence-corrected chi connectivity index (χ1v) is 19.0. The molecule has 0 saturated carbocycles. The number of benzene rings is 2. The van der Waals surface area contributed by atoms with Gasteiger partial charge in [-0.3, -0.25) is 19.2 Å². The minimum absolute atomic E-state index is 0.0834. The third-order valence-electron chi connectivity index (χ3n) is 10.4. The Morgan fingerprint density at radius 3 is 2.46 bits per heavy atom. The first kappa shape index (κ1) is 39.2. The van der Waals surface area contributed by atoms with Crippen LogP contribution in [0.5, 0.6) is 5.75 Å². The minimum Gasteiger partial charge on any atom is -0.497 e. The summed E-state index contributed by atoms with van der Waals surface area (Å²) >= 11 is 3.75. The predicted molar refractivity (Wildman–Crippen MR) is 201 cm³/mol. The van der Waals surface area contributed by atoms with E-state index in [0.717, 1.165) is 12.8 Å². The number of methoxy groups -OCH3 is 1. The summed E-state index contributed by atoms with van der Waals surface area (Å²) in [5, 5.41) is 12.3. The number of halogens is 1. The highest BCUT2D eigenvalue weighted by atomic mass is 79.9. The molecule has 2 aromatic rings. The van der Waals surface area contributed by atoms with Gasteiger partial charge in [-0.25, -0.2) is 0 Å². The van der Waals surface area contributed by atoms with E-state index < -0.39 is 47.7 Å². The zero-order valence-corrected chi connectivity index (χ0v) is 31.5. The van der Waals surface area contributed by atoms with E-state index in [1.54, 1.807) is 60.3 Å². The summed E-state index contributed by atoms with van der Waals surface area (Å²) in [6.07, 6.45) is 5.63. The smallest absolute Gasteiger partial charge is 0.313 e. The van der Waals surface area contributed by atoms with Gasteiger partial charge in [-0.15, -0.1) is 13.2 Å². The molecule has 3 heterocycles. The fraction of sp³-hybridized carbons (Fsp3) is 0.500. The van der Waals surface area contributed by atoms with Crippen LogP contribution in [0.25, 0.3) is 0 Å². The summed E-state index contributed by atoms with van der Waals surface area (Å²) in [5.41, 5.74) is 0.00603. The Bertz CT molecular complexity index is 1590. The van der Waals surface area contributed by atoms with Gasteiger partial charge in [0.15, 0.2) is 0 Å². The van der Waals surface area contributed by atoms with Crippen molar-refractivity contribution < 1.29 is 38.5 Å². The van der Waals surface area contributed by atoms with Crippen LogP contribution in [0.1, 0.15) is 63.5 Å². The third kappa shape index (κ3) is 7.99. The van der Waals surface area contributed by atoms with Gasteiger partial charge in [0.2, 0.25) is 11.8 Å². The number of hydrogen-bond acceptors (Lipinski definition) is 8. The molecule has 2 aromatic carbocycles. The van der Waals surface area contributed by atoms with Crippen LogP contribution in [0.2, 0.25) is 0 Å². The van der Waals surface area contributed by atoms with E-state index in [4.69, 9.17) is 14.2 Å². The number of carbonyl (C=O) groups is 4. The van der Waals surface area contributed by atoms with Gasteiger partial charge >= 0.3 is 5.97 Å². The zero-order valence-electron chi connectivity index (χ0n) is 30.0. The molecule has 3 aliphatic rings. The topological polar surface area (TPSA) is 135 Å². The molecular formula is C40H50BrN3O8. The van der Waals surface area contributed by atoms with Gasteiger partial charge in [-0.05, 0) is 62.4 Å². The molecule has 3 amide bonds. The number of carbonyl (C=O) groups excluding carboxylic acids is 4. The van der Waals surface area contributed by atoms with E-state index in [9.17, 15) is 24.3 Å². The van der Waals surface area contributed by atoms with Crippen molar-refractivity contribution in [2.75, 3.05) is 31.7 Å². The molecule has 3 aliphatic heterocycles. The SMILES string of the molecule is C=CCCC(=O)N[C@@H](C)[C@H](OC(=O)[C@@H]1[C@H]2O[C@@]3(CC2Br)[C@H](C(=O)N(CC=C)c2ccc(OC)cc2)N(CCCCCCO)C(=O)[C@@H]13)c1ccccc1. The lowest BCUT2D eigenvalue weighted by Gasteiger charge is -2.37. The normalized spacial score (nSPS) is 25.6. The number of esters is 1. The molecule has 3 saturated heterocycles. The number of likely N-dealkylation sites (tertiary alicyclic amines) is 1. The summed E-state index contributed by atoms with van der Waals surface area (Å²) < 4.78 is 18.4. The van der Waals surface area contributed by atoms with Gasteiger partial charge in [0.05, 0.1) is 31.1 Å². The fourth-order valence-corrected chi connectivity index (χ4v) is 8.91. The maximum atomic E-state index is 14.9. The second kappa shape index (κ2) is 17.7. The van der Waals surface area contributed by atoms with Crippen molar-refractivity contribution in [3.63, 3.8) is 0 Å². The molecule has 5 rings (SSSR count). The number of aliphatic hydroxyl groups is 1. The highest BCUT2D eigenvalue weighted by Crippen LogP contribution is 2.60. The Kier molecular flexibility index (Phi) is 13.3. The van der Waals surface area contributed by atoms with Crippen molar-refractivity contribution in [2.45, 2.75) is 86.6 Å². The van der Waals surface area contributed by atoms with Gasteiger partial charge < -0.3 is 34.4 Å². The van der Waals surface area contributed by atoms with Crippen LogP contribution in [0.3, 0.4) is 0 Å². The van der Waals surface area contributed by atoms with E-state index in [0.29, 0.717) is 42.7 Å². The number of anilines is 1. The van der Waals surface area contributed by atoms with Crippen LogP contribution in [-0.4, -0.2) is 89.1 Å². The van der Waals surface area contributed by atoms with Crippen molar-refractivity contribution in [3.05, 3.63) is 85.5 Å². The molecule has 11 nitrogen and oxygen atoms in total. The maximum Gasteiger partial charge on any atom is 0.313 e. The Balaban J connectivity index is 1.49. The number of fused-ring (bicyclic) bond motifs is 1. The summed E-state index contributed by atoms with van der Waals surface area (Å²) in [6, 6.07) is 14.7. The number of allylic oxidation sites excluding steroid dienone is 1.